The van der Waals surface area contributed by atoms with Crippen molar-refractivity contribution in [1.29, 1.82) is 0 Å². The third kappa shape index (κ3) is 4.91. The number of benzene rings is 1. The number of hydrogen-bond acceptors (Lipinski definition) is 4. The van der Waals surface area contributed by atoms with E-state index in [0.717, 1.165) is 25.7 Å². The minimum atomic E-state index is -0.949. The van der Waals surface area contributed by atoms with Gasteiger partial charge in [-0.15, -0.1) is 0 Å². The smallest absolute Gasteiger partial charge is 0.341 e. The van der Waals surface area contributed by atoms with Gasteiger partial charge in [0.1, 0.15) is 12.0 Å². The van der Waals surface area contributed by atoms with Crippen molar-refractivity contribution < 1.29 is 19.4 Å². The summed E-state index contributed by atoms with van der Waals surface area (Å²) in [5.41, 5.74) is 2.45. The zero-order valence-electron chi connectivity index (χ0n) is 12.0. The molecule has 1 N–H and O–H groups in total. The van der Waals surface area contributed by atoms with Gasteiger partial charge in [0.25, 0.3) is 0 Å². The van der Waals surface area contributed by atoms with Gasteiger partial charge in [0.05, 0.1) is 0 Å². The molecule has 5 nitrogen and oxygen atoms in total. The van der Waals surface area contributed by atoms with E-state index >= 15 is 0 Å². The molecule has 2 rings (SSSR count). The molecule has 1 aliphatic rings. The highest BCUT2D eigenvalue weighted by Crippen LogP contribution is 2.29. The summed E-state index contributed by atoms with van der Waals surface area (Å²) in [6.07, 6.45) is 3.68. The number of carbonyl (C=O) groups excluding carboxylic acids is 1. The first-order valence-corrected chi connectivity index (χ1v) is 6.70. The van der Waals surface area contributed by atoms with E-state index in [1.165, 1.54) is 11.3 Å². The number of ether oxygens (including phenoxy) is 1. The van der Waals surface area contributed by atoms with Crippen LogP contribution < -0.4 is 9.64 Å². The Balaban J connectivity index is 0.000000444. The maximum absolute atomic E-state index is 10.4. The normalized spacial score (nSPS) is 12.8. The summed E-state index contributed by atoms with van der Waals surface area (Å²) >= 11 is 0. The number of carboxylic acids is 1. The second-order valence-corrected chi connectivity index (χ2v) is 4.57. The predicted molar refractivity (Wildman–Crippen MR) is 77.5 cm³/mol. The minimum absolute atomic E-state index is 0.283. The fraction of sp³-hybridized carbons (Fsp3) is 0.467. The summed E-state index contributed by atoms with van der Waals surface area (Å²) in [5, 5.41) is 8.52. The van der Waals surface area contributed by atoms with Gasteiger partial charge in [-0.25, -0.2) is 4.79 Å². The molecule has 0 saturated heterocycles. The van der Waals surface area contributed by atoms with Gasteiger partial charge in [0.2, 0.25) is 0 Å². The minimum Gasteiger partial charge on any atom is -0.482 e. The first-order chi connectivity index (χ1) is 9.58. The van der Waals surface area contributed by atoms with E-state index in [1.807, 2.05) is 25.1 Å². The van der Waals surface area contributed by atoms with Crippen molar-refractivity contribution in [3.8, 4) is 5.75 Å². The summed E-state index contributed by atoms with van der Waals surface area (Å²) in [5.74, 6) is -0.314. The number of carboxylic acid groups (broad SMARTS) is 1. The molecular weight excluding hydrogens is 258 g/mol. The van der Waals surface area contributed by atoms with Crippen LogP contribution in [0.2, 0.25) is 0 Å². The van der Waals surface area contributed by atoms with Crippen LogP contribution in [0.15, 0.2) is 18.2 Å². The van der Waals surface area contributed by atoms with Gasteiger partial charge >= 0.3 is 5.97 Å². The number of aldehydes is 1. The molecule has 0 radical (unpaired) electrons. The average molecular weight is 279 g/mol. The first-order valence-electron chi connectivity index (χ1n) is 6.70. The van der Waals surface area contributed by atoms with Crippen molar-refractivity contribution in [2.45, 2.75) is 26.2 Å². The molecule has 1 aromatic carbocycles. The van der Waals surface area contributed by atoms with E-state index in [0.29, 0.717) is 12.2 Å². The van der Waals surface area contributed by atoms with Crippen molar-refractivity contribution in [2.24, 2.45) is 0 Å². The van der Waals surface area contributed by atoms with Crippen LogP contribution in [-0.4, -0.2) is 37.6 Å². The van der Waals surface area contributed by atoms with Crippen LogP contribution in [0.5, 0.6) is 5.75 Å². The number of rotatable bonds is 4. The molecule has 1 aromatic rings. The molecule has 110 valence electrons. The Bertz CT molecular complexity index is 459. The van der Waals surface area contributed by atoms with Crippen LogP contribution in [-0.2, 0) is 16.0 Å². The van der Waals surface area contributed by atoms with Crippen molar-refractivity contribution in [2.75, 3.05) is 25.1 Å². The highest BCUT2D eigenvalue weighted by molar-refractivity contribution is 5.68. The second-order valence-electron chi connectivity index (χ2n) is 4.57. The molecule has 0 spiro atoms. The Labute approximate surface area is 119 Å². The Morgan fingerprint density at radius 1 is 1.50 bits per heavy atom. The molecule has 0 unspecified atom stereocenters. The summed E-state index contributed by atoms with van der Waals surface area (Å²) in [7, 11) is 2.07. The van der Waals surface area contributed by atoms with Crippen LogP contribution in [0.1, 0.15) is 25.3 Å². The van der Waals surface area contributed by atoms with Crippen molar-refractivity contribution in [1.82, 2.24) is 0 Å². The number of hydrogen-bond donors (Lipinski definition) is 1. The topological polar surface area (TPSA) is 66.8 Å². The predicted octanol–water partition coefficient (Wildman–Crippen LogP) is 2.13. The molecule has 1 aliphatic heterocycles. The van der Waals surface area contributed by atoms with E-state index in [1.54, 1.807) is 0 Å². The van der Waals surface area contributed by atoms with E-state index in [4.69, 9.17) is 9.84 Å². The lowest BCUT2D eigenvalue weighted by Gasteiger charge is -2.27. The molecule has 0 bridgehead atoms. The van der Waals surface area contributed by atoms with E-state index in [2.05, 4.69) is 11.9 Å². The molecular formula is C15H21NO4. The van der Waals surface area contributed by atoms with Gasteiger partial charge < -0.3 is 19.5 Å². The van der Waals surface area contributed by atoms with E-state index in [-0.39, 0.29) is 6.61 Å². The number of aryl methyl sites for hydroxylation is 1. The lowest BCUT2D eigenvalue weighted by atomic mass is 10.0. The van der Waals surface area contributed by atoms with E-state index < -0.39 is 5.97 Å². The second kappa shape index (κ2) is 8.19. The number of carbonyl (C=O) groups is 2. The largest absolute Gasteiger partial charge is 0.482 e. The van der Waals surface area contributed by atoms with Gasteiger partial charge in [0, 0.05) is 25.7 Å². The van der Waals surface area contributed by atoms with Crippen LogP contribution in [0.4, 0.5) is 5.69 Å². The third-order valence-electron chi connectivity index (χ3n) is 2.93. The van der Waals surface area contributed by atoms with Gasteiger partial charge in [-0.05, 0) is 36.6 Å². The lowest BCUT2D eigenvalue weighted by molar-refractivity contribution is -0.139. The lowest BCUT2D eigenvalue weighted by Crippen LogP contribution is -2.24. The zero-order chi connectivity index (χ0) is 15.0. The number of anilines is 1. The summed E-state index contributed by atoms with van der Waals surface area (Å²) in [6.45, 7) is 2.60. The van der Waals surface area contributed by atoms with Gasteiger partial charge in [0.15, 0.2) is 6.61 Å². The zero-order valence-corrected chi connectivity index (χ0v) is 12.0. The fourth-order valence-corrected chi connectivity index (χ4v) is 2.00. The molecule has 0 atom stereocenters. The molecule has 5 heteroatoms. The van der Waals surface area contributed by atoms with Gasteiger partial charge in [-0.1, -0.05) is 6.92 Å². The fourth-order valence-electron chi connectivity index (χ4n) is 2.00. The molecule has 0 fully saturated rings. The third-order valence-corrected chi connectivity index (χ3v) is 2.93. The van der Waals surface area contributed by atoms with Crippen molar-refractivity contribution in [3.05, 3.63) is 23.8 Å². The van der Waals surface area contributed by atoms with Crippen LogP contribution in [0.3, 0.4) is 0 Å². The molecule has 0 aromatic heterocycles. The highest BCUT2D eigenvalue weighted by atomic mass is 16.5. The number of aliphatic carboxylic acids is 1. The Morgan fingerprint density at radius 3 is 2.80 bits per heavy atom. The average Bonchev–Trinajstić information content (AvgIpc) is 2.45. The molecule has 1 heterocycles. The maximum atomic E-state index is 10.4. The highest BCUT2D eigenvalue weighted by Gasteiger charge is 2.14. The summed E-state index contributed by atoms with van der Waals surface area (Å²) < 4.78 is 5.15. The monoisotopic (exact) mass is 279 g/mol. The van der Waals surface area contributed by atoms with Gasteiger partial charge in [-0.3, -0.25) is 0 Å². The Morgan fingerprint density at radius 2 is 2.20 bits per heavy atom. The maximum Gasteiger partial charge on any atom is 0.341 e. The van der Waals surface area contributed by atoms with E-state index in [9.17, 15) is 9.59 Å². The number of fused-ring (bicyclic) bond motifs is 1. The molecule has 0 amide bonds. The standard InChI is InChI=1S/C12H15NO3.C3H6O/c1-13-6-2-3-9-7-10(4-5-11(9)13)16-8-12(14)15;1-2-3-4/h4-5,7H,2-3,6,8H2,1H3,(H,14,15);3H,2H2,1H3. The SMILES string of the molecule is CCC=O.CN1CCCc2cc(OCC(=O)O)ccc21. The first kappa shape index (κ1) is 16.0. The van der Waals surface area contributed by atoms with Crippen LogP contribution in [0.25, 0.3) is 0 Å². The van der Waals surface area contributed by atoms with Crippen LogP contribution in [0, 0.1) is 0 Å². The molecule has 20 heavy (non-hydrogen) atoms. The Kier molecular flexibility index (Phi) is 6.56. The quantitative estimate of drug-likeness (QED) is 0.855. The number of nitrogens with zero attached hydrogens (tertiary/aromatic N) is 1. The van der Waals surface area contributed by atoms with Crippen LogP contribution >= 0.6 is 0 Å². The Hall–Kier alpha value is -2.04. The van der Waals surface area contributed by atoms with Crippen molar-refractivity contribution in [3.63, 3.8) is 0 Å². The molecule has 0 aliphatic carbocycles. The van der Waals surface area contributed by atoms with Gasteiger partial charge in [-0.2, -0.15) is 0 Å². The summed E-state index contributed by atoms with van der Waals surface area (Å²) in [6, 6.07) is 5.75. The molecule has 0 saturated carbocycles. The van der Waals surface area contributed by atoms with Crippen molar-refractivity contribution >= 4 is 17.9 Å². The summed E-state index contributed by atoms with van der Waals surface area (Å²) in [4.78, 5) is 21.8.